The number of aliphatic imine (C=N–C) groups is 1. The van der Waals surface area contributed by atoms with E-state index in [1.54, 1.807) is 23.5 Å². The van der Waals surface area contributed by atoms with Crippen LogP contribution in [0.2, 0.25) is 0 Å². The lowest BCUT2D eigenvalue weighted by atomic mass is 10.2. The van der Waals surface area contributed by atoms with E-state index in [9.17, 15) is 4.79 Å². The van der Waals surface area contributed by atoms with Crippen molar-refractivity contribution in [2.45, 2.75) is 49.7 Å². The van der Waals surface area contributed by atoms with E-state index in [4.69, 9.17) is 0 Å². The van der Waals surface area contributed by atoms with Gasteiger partial charge in [-0.05, 0) is 31.4 Å². The molecule has 1 aromatic carbocycles. The maximum absolute atomic E-state index is 12.2. The van der Waals surface area contributed by atoms with Gasteiger partial charge in [0.15, 0.2) is 0 Å². The number of carbonyl (C=O) groups excluding carboxylic acids is 1. The molecule has 112 valence electrons. The van der Waals surface area contributed by atoms with Crippen molar-refractivity contribution in [1.29, 1.82) is 0 Å². The summed E-state index contributed by atoms with van der Waals surface area (Å²) in [7, 11) is 0. The van der Waals surface area contributed by atoms with E-state index in [1.165, 1.54) is 18.4 Å². The predicted molar refractivity (Wildman–Crippen MR) is 92.3 cm³/mol. The Balaban J connectivity index is 1.58. The lowest BCUT2D eigenvalue weighted by molar-refractivity contribution is -0.120. The monoisotopic (exact) mass is 320 g/mol. The van der Waals surface area contributed by atoms with Crippen molar-refractivity contribution in [3.05, 3.63) is 29.8 Å². The first-order valence-electron chi connectivity index (χ1n) is 7.49. The van der Waals surface area contributed by atoms with Gasteiger partial charge in [0.2, 0.25) is 5.91 Å². The van der Waals surface area contributed by atoms with Crippen LogP contribution < -0.4 is 5.32 Å². The third-order valence-corrected chi connectivity index (χ3v) is 6.20. The first kappa shape index (κ1) is 15.0. The molecule has 0 radical (unpaired) electrons. The van der Waals surface area contributed by atoms with E-state index in [0.717, 1.165) is 28.7 Å². The van der Waals surface area contributed by atoms with Crippen LogP contribution in [-0.2, 0) is 10.5 Å². The number of benzene rings is 1. The number of rotatable bonds is 3. The van der Waals surface area contributed by atoms with Gasteiger partial charge < -0.3 is 5.32 Å². The van der Waals surface area contributed by atoms with Gasteiger partial charge in [-0.2, -0.15) is 0 Å². The summed E-state index contributed by atoms with van der Waals surface area (Å²) in [5, 5.41) is 3.08. The Kier molecular flexibility index (Phi) is 4.91. The number of hydrogen-bond acceptors (Lipinski definition) is 4. The lowest BCUT2D eigenvalue weighted by Crippen LogP contribution is -2.38. The molecule has 1 saturated carbocycles. The third-order valence-electron chi connectivity index (χ3n) is 3.90. The minimum atomic E-state index is -0.0814. The molecule has 0 saturated heterocycles. The normalized spacial score (nSPS) is 19.8. The zero-order valence-electron chi connectivity index (χ0n) is 12.2. The van der Waals surface area contributed by atoms with E-state index in [-0.39, 0.29) is 11.2 Å². The van der Waals surface area contributed by atoms with Crippen molar-refractivity contribution in [1.82, 2.24) is 5.32 Å². The Morgan fingerprint density at radius 2 is 2.14 bits per heavy atom. The van der Waals surface area contributed by atoms with Crippen molar-refractivity contribution in [3.8, 4) is 0 Å². The van der Waals surface area contributed by atoms with Crippen LogP contribution in [0, 0.1) is 0 Å². The Hall–Kier alpha value is -0.940. The van der Waals surface area contributed by atoms with Crippen molar-refractivity contribution < 1.29 is 4.79 Å². The van der Waals surface area contributed by atoms with E-state index in [1.807, 2.05) is 25.1 Å². The molecular formula is C16H20N2OS2. The van der Waals surface area contributed by atoms with Gasteiger partial charge in [0.05, 0.1) is 10.9 Å². The molecule has 1 N–H and O–H groups in total. The van der Waals surface area contributed by atoms with Crippen LogP contribution in [-0.4, -0.2) is 21.6 Å². The quantitative estimate of drug-likeness (QED) is 0.911. The van der Waals surface area contributed by atoms with Crippen LogP contribution in [0.5, 0.6) is 0 Å². The average molecular weight is 320 g/mol. The van der Waals surface area contributed by atoms with E-state index in [2.05, 4.69) is 16.4 Å². The third kappa shape index (κ3) is 3.83. The van der Waals surface area contributed by atoms with Crippen molar-refractivity contribution in [2.75, 3.05) is 0 Å². The predicted octanol–water partition coefficient (Wildman–Crippen LogP) is 4.10. The lowest BCUT2D eigenvalue weighted by Gasteiger charge is -2.19. The molecule has 1 amide bonds. The molecule has 0 bridgehead atoms. The van der Waals surface area contributed by atoms with Crippen LogP contribution in [0.25, 0.3) is 0 Å². The summed E-state index contributed by atoms with van der Waals surface area (Å²) in [5.41, 5.74) is 2.32. The fourth-order valence-corrected chi connectivity index (χ4v) is 4.86. The minimum absolute atomic E-state index is 0.0814. The molecule has 1 fully saturated rings. The van der Waals surface area contributed by atoms with Crippen LogP contribution in [0.1, 0.15) is 38.2 Å². The fraction of sp³-hybridized carbons (Fsp3) is 0.500. The molecule has 1 aliphatic carbocycles. The molecular weight excluding hydrogens is 300 g/mol. The molecule has 0 spiro atoms. The molecule has 1 heterocycles. The number of para-hydroxylation sites is 1. The highest BCUT2D eigenvalue weighted by molar-refractivity contribution is 8.39. The van der Waals surface area contributed by atoms with Crippen molar-refractivity contribution in [2.24, 2.45) is 4.99 Å². The van der Waals surface area contributed by atoms with Gasteiger partial charge in [0, 0.05) is 11.8 Å². The zero-order chi connectivity index (χ0) is 14.7. The maximum Gasteiger partial charge on any atom is 0.233 e. The molecule has 5 heteroatoms. The first-order chi connectivity index (χ1) is 10.2. The average Bonchev–Trinajstić information content (AvgIpc) is 3.00. The summed E-state index contributed by atoms with van der Waals surface area (Å²) >= 11 is 3.30. The Morgan fingerprint density at radius 3 is 2.95 bits per heavy atom. The highest BCUT2D eigenvalue weighted by Crippen LogP contribution is 2.35. The number of nitrogens with one attached hydrogen (secondary N) is 1. The standard InChI is InChI=1S/C16H20N2OS2/c1-11(15(19)17-13-7-3-4-8-13)21-16-18-14-9-5-2-6-12(14)10-20-16/h2,5-6,9,11,13H,3-4,7-8,10H2,1H3,(H,17,19)/t11-/m0/s1. The van der Waals surface area contributed by atoms with Crippen molar-refractivity contribution >= 4 is 39.5 Å². The Morgan fingerprint density at radius 1 is 1.38 bits per heavy atom. The summed E-state index contributed by atoms with van der Waals surface area (Å²) in [6.45, 7) is 1.97. The molecule has 21 heavy (non-hydrogen) atoms. The van der Waals surface area contributed by atoms with Gasteiger partial charge >= 0.3 is 0 Å². The smallest absolute Gasteiger partial charge is 0.233 e. The summed E-state index contributed by atoms with van der Waals surface area (Å²) in [5.74, 6) is 1.09. The first-order valence-corrected chi connectivity index (χ1v) is 9.35. The van der Waals surface area contributed by atoms with Gasteiger partial charge in [0.25, 0.3) is 0 Å². The molecule has 3 rings (SSSR count). The largest absolute Gasteiger partial charge is 0.352 e. The molecule has 1 aromatic rings. The highest BCUT2D eigenvalue weighted by Gasteiger charge is 2.23. The molecule has 0 unspecified atom stereocenters. The zero-order valence-corrected chi connectivity index (χ0v) is 13.8. The maximum atomic E-state index is 12.2. The molecule has 1 aliphatic heterocycles. The number of hydrogen-bond donors (Lipinski definition) is 1. The summed E-state index contributed by atoms with van der Waals surface area (Å²) < 4.78 is 1.00. The fourth-order valence-electron chi connectivity index (χ4n) is 2.67. The number of carbonyl (C=O) groups is 1. The highest BCUT2D eigenvalue weighted by atomic mass is 32.2. The van der Waals surface area contributed by atoms with Crippen LogP contribution in [0.15, 0.2) is 29.3 Å². The minimum Gasteiger partial charge on any atom is -0.352 e. The van der Waals surface area contributed by atoms with Gasteiger partial charge in [-0.3, -0.25) is 4.79 Å². The van der Waals surface area contributed by atoms with E-state index < -0.39 is 0 Å². The molecule has 3 nitrogen and oxygen atoms in total. The number of fused-ring (bicyclic) bond motifs is 1. The summed E-state index contributed by atoms with van der Waals surface area (Å²) in [6.07, 6.45) is 4.75. The second-order valence-corrected chi connectivity index (χ2v) is 8.10. The van der Waals surface area contributed by atoms with Gasteiger partial charge in [-0.25, -0.2) is 4.99 Å². The van der Waals surface area contributed by atoms with Gasteiger partial charge in [-0.1, -0.05) is 54.6 Å². The van der Waals surface area contributed by atoms with Gasteiger partial charge in [-0.15, -0.1) is 0 Å². The molecule has 1 atom stereocenters. The molecule has 0 aromatic heterocycles. The SMILES string of the molecule is C[C@H](SC1=Nc2ccccc2CS1)C(=O)NC1CCCC1. The Labute approximate surface area is 134 Å². The second-order valence-electron chi connectivity index (χ2n) is 5.55. The summed E-state index contributed by atoms with van der Waals surface area (Å²) in [6, 6.07) is 8.60. The summed E-state index contributed by atoms with van der Waals surface area (Å²) in [4.78, 5) is 16.9. The van der Waals surface area contributed by atoms with Crippen LogP contribution in [0.4, 0.5) is 5.69 Å². The number of thioether (sulfide) groups is 2. The van der Waals surface area contributed by atoms with Gasteiger partial charge in [0.1, 0.15) is 4.38 Å². The van der Waals surface area contributed by atoms with E-state index in [0.29, 0.717) is 6.04 Å². The number of amides is 1. The molecule has 2 aliphatic rings. The Bertz CT molecular complexity index is 553. The van der Waals surface area contributed by atoms with E-state index >= 15 is 0 Å². The topological polar surface area (TPSA) is 41.5 Å². The number of nitrogens with zero attached hydrogens (tertiary/aromatic N) is 1. The van der Waals surface area contributed by atoms with Crippen LogP contribution in [0.3, 0.4) is 0 Å². The van der Waals surface area contributed by atoms with Crippen LogP contribution >= 0.6 is 23.5 Å². The van der Waals surface area contributed by atoms with Crippen molar-refractivity contribution in [3.63, 3.8) is 0 Å². The second kappa shape index (κ2) is 6.88.